The van der Waals surface area contributed by atoms with Gasteiger partial charge in [-0.3, -0.25) is 0 Å². The number of rotatable bonds is 11. The molecule has 2 aromatic carbocycles. The lowest BCUT2D eigenvalue weighted by atomic mass is 10.00. The fraction of sp³-hybridized carbons (Fsp3) is 0.419. The van der Waals surface area contributed by atoms with E-state index >= 15 is 0 Å². The lowest BCUT2D eigenvalue weighted by Gasteiger charge is -2.18. The molecular formula is C31H39NO5. The first-order valence-corrected chi connectivity index (χ1v) is 13.4. The second-order valence-corrected chi connectivity index (χ2v) is 8.62. The van der Waals surface area contributed by atoms with Gasteiger partial charge >= 0.3 is 5.97 Å². The van der Waals surface area contributed by atoms with E-state index in [1.54, 1.807) is 6.92 Å². The lowest BCUT2D eigenvalue weighted by molar-refractivity contribution is -0.151. The number of oxazole rings is 1. The highest BCUT2D eigenvalue weighted by atomic mass is 16.6. The molecular weight excluding hydrogens is 466 g/mol. The van der Waals surface area contributed by atoms with Crippen LogP contribution in [0.5, 0.6) is 11.5 Å². The highest BCUT2D eigenvalue weighted by molar-refractivity contribution is 5.75. The lowest BCUT2D eigenvalue weighted by Crippen LogP contribution is -2.31. The van der Waals surface area contributed by atoms with Gasteiger partial charge in [-0.15, -0.1) is 0 Å². The number of aryl methyl sites for hydroxylation is 1. The number of carbonyl (C=O) groups is 1. The first-order valence-electron chi connectivity index (χ1n) is 13.4. The Labute approximate surface area is 220 Å². The van der Waals surface area contributed by atoms with Gasteiger partial charge in [0.15, 0.2) is 6.10 Å². The van der Waals surface area contributed by atoms with Crippen LogP contribution in [-0.2, 0) is 22.4 Å². The highest BCUT2D eigenvalue weighted by Gasteiger charge is 2.22. The highest BCUT2D eigenvalue weighted by Crippen LogP contribution is 2.27. The Morgan fingerprint density at radius 2 is 1.78 bits per heavy atom. The fourth-order valence-corrected chi connectivity index (χ4v) is 4.10. The Balaban J connectivity index is 0.00000186. The van der Waals surface area contributed by atoms with Crippen molar-refractivity contribution in [3.63, 3.8) is 0 Å². The molecule has 0 N–H and O–H groups in total. The van der Waals surface area contributed by atoms with Crippen molar-refractivity contribution in [2.75, 3.05) is 13.2 Å². The molecule has 0 spiro atoms. The summed E-state index contributed by atoms with van der Waals surface area (Å²) in [6.45, 7) is 8.57. The van der Waals surface area contributed by atoms with Crippen LogP contribution in [0, 0.1) is 6.92 Å². The molecule has 1 aliphatic carbocycles. The monoisotopic (exact) mass is 505 g/mol. The van der Waals surface area contributed by atoms with Crippen molar-refractivity contribution in [2.24, 2.45) is 0 Å². The molecule has 1 unspecified atom stereocenters. The Bertz CT molecular complexity index is 1120. The maximum Gasteiger partial charge on any atom is 0.347 e. The van der Waals surface area contributed by atoms with Gasteiger partial charge in [0, 0.05) is 18.4 Å². The number of hydrogen-bond donors (Lipinski definition) is 0. The first kappa shape index (κ1) is 28.0. The third kappa shape index (κ3) is 8.52. The van der Waals surface area contributed by atoms with E-state index < -0.39 is 6.10 Å². The summed E-state index contributed by atoms with van der Waals surface area (Å²) in [4.78, 5) is 17.1. The van der Waals surface area contributed by atoms with Crippen LogP contribution in [0.4, 0.5) is 0 Å². The van der Waals surface area contributed by atoms with Crippen LogP contribution in [-0.4, -0.2) is 30.3 Å². The first-order chi connectivity index (χ1) is 18.1. The van der Waals surface area contributed by atoms with Gasteiger partial charge in [-0.2, -0.15) is 0 Å². The number of carbonyl (C=O) groups excluding carboxylic acids is 1. The van der Waals surface area contributed by atoms with Gasteiger partial charge in [0.1, 0.15) is 17.3 Å². The van der Waals surface area contributed by atoms with Crippen LogP contribution in [0.3, 0.4) is 0 Å². The molecule has 6 heteroatoms. The van der Waals surface area contributed by atoms with Crippen LogP contribution in [0.2, 0.25) is 0 Å². The maximum absolute atomic E-state index is 12.4. The van der Waals surface area contributed by atoms with Gasteiger partial charge in [0.05, 0.1) is 18.9 Å². The van der Waals surface area contributed by atoms with E-state index in [0.717, 1.165) is 41.5 Å². The minimum Gasteiger partial charge on any atom is -0.493 e. The molecule has 0 saturated heterocycles. The number of para-hydroxylation sites is 1. The molecule has 0 radical (unpaired) electrons. The Hall–Kier alpha value is -3.54. The van der Waals surface area contributed by atoms with E-state index in [-0.39, 0.29) is 5.97 Å². The van der Waals surface area contributed by atoms with E-state index in [0.29, 0.717) is 31.8 Å². The van der Waals surface area contributed by atoms with Gasteiger partial charge in [0.2, 0.25) is 5.89 Å². The molecule has 0 saturated carbocycles. The number of benzene rings is 2. The zero-order chi connectivity index (χ0) is 26.5. The molecule has 1 atom stereocenters. The number of aromatic nitrogens is 1. The van der Waals surface area contributed by atoms with Gasteiger partial charge in [-0.25, -0.2) is 9.78 Å². The summed E-state index contributed by atoms with van der Waals surface area (Å²) in [5, 5.41) is 0. The number of hydrogen-bond acceptors (Lipinski definition) is 6. The largest absolute Gasteiger partial charge is 0.493 e. The third-order valence-corrected chi connectivity index (χ3v) is 5.98. The zero-order valence-electron chi connectivity index (χ0n) is 22.5. The SMILES string of the molecule is CC.CCOC(=O)C(Cc1ccc(OCCc2nc(C3=CCCCC3)oc2C)cc1)Oc1ccccc1. The van der Waals surface area contributed by atoms with Crippen LogP contribution in [0.25, 0.3) is 5.57 Å². The molecule has 198 valence electrons. The van der Waals surface area contributed by atoms with Crippen molar-refractivity contribution in [3.8, 4) is 11.5 Å². The zero-order valence-corrected chi connectivity index (χ0v) is 22.5. The van der Waals surface area contributed by atoms with E-state index in [9.17, 15) is 4.79 Å². The summed E-state index contributed by atoms with van der Waals surface area (Å²) in [5.74, 6) is 2.64. The number of nitrogens with zero attached hydrogens (tertiary/aromatic N) is 1. The number of ether oxygens (including phenoxy) is 3. The van der Waals surface area contributed by atoms with Crippen LogP contribution in [0.15, 0.2) is 65.1 Å². The topological polar surface area (TPSA) is 70.8 Å². The third-order valence-electron chi connectivity index (χ3n) is 5.98. The quantitative estimate of drug-likeness (QED) is 0.258. The van der Waals surface area contributed by atoms with Gasteiger partial charge < -0.3 is 18.6 Å². The smallest absolute Gasteiger partial charge is 0.347 e. The molecule has 37 heavy (non-hydrogen) atoms. The molecule has 1 heterocycles. The standard InChI is InChI=1S/C29H33NO5.C2H6/c1-3-32-29(31)27(35-25-12-8-5-9-13-25)20-22-14-16-24(17-15-22)33-19-18-26-21(2)34-28(30-26)23-10-6-4-7-11-23;1-2/h5,8-10,12-17,27H,3-4,6-7,11,18-20H2,1-2H3;1-2H3. The molecule has 0 aliphatic heterocycles. The molecule has 3 aromatic rings. The molecule has 0 fully saturated rings. The predicted molar refractivity (Wildman–Crippen MR) is 146 cm³/mol. The summed E-state index contributed by atoms with van der Waals surface area (Å²) >= 11 is 0. The average Bonchev–Trinajstić information content (AvgIpc) is 3.32. The molecule has 0 amide bonds. The second-order valence-electron chi connectivity index (χ2n) is 8.62. The maximum atomic E-state index is 12.4. The summed E-state index contributed by atoms with van der Waals surface area (Å²) in [7, 11) is 0. The normalized spacial score (nSPS) is 13.6. The van der Waals surface area contributed by atoms with Crippen molar-refractivity contribution in [1.29, 1.82) is 0 Å². The van der Waals surface area contributed by atoms with Crippen LogP contribution >= 0.6 is 0 Å². The van der Waals surface area contributed by atoms with Crippen LogP contribution in [0.1, 0.15) is 69.4 Å². The Morgan fingerprint density at radius 3 is 2.46 bits per heavy atom. The minimum absolute atomic E-state index is 0.310. The van der Waals surface area contributed by atoms with Crippen molar-refractivity contribution >= 4 is 11.5 Å². The number of esters is 1. The molecule has 6 nitrogen and oxygen atoms in total. The van der Waals surface area contributed by atoms with E-state index in [4.69, 9.17) is 23.6 Å². The average molecular weight is 506 g/mol. The fourth-order valence-electron chi connectivity index (χ4n) is 4.10. The van der Waals surface area contributed by atoms with Crippen molar-refractivity contribution in [1.82, 2.24) is 4.98 Å². The predicted octanol–water partition coefficient (Wildman–Crippen LogP) is 7.14. The molecule has 4 rings (SSSR count). The summed E-state index contributed by atoms with van der Waals surface area (Å²) < 4.78 is 23.0. The Kier molecular flexibility index (Phi) is 11.3. The molecule has 1 aromatic heterocycles. The summed E-state index contributed by atoms with van der Waals surface area (Å²) in [5.41, 5.74) is 3.13. The molecule has 1 aliphatic rings. The Morgan fingerprint density at radius 1 is 1.03 bits per heavy atom. The van der Waals surface area contributed by atoms with Crippen molar-refractivity contribution < 1.29 is 23.4 Å². The van der Waals surface area contributed by atoms with E-state index in [2.05, 4.69) is 6.08 Å². The van der Waals surface area contributed by atoms with E-state index in [1.807, 2.05) is 75.4 Å². The minimum atomic E-state index is -0.715. The van der Waals surface area contributed by atoms with Crippen LogP contribution < -0.4 is 9.47 Å². The van der Waals surface area contributed by atoms with Crippen molar-refractivity contribution in [3.05, 3.63) is 83.6 Å². The second kappa shape index (κ2) is 14.9. The van der Waals surface area contributed by atoms with Gasteiger partial charge in [-0.1, -0.05) is 50.3 Å². The van der Waals surface area contributed by atoms with Gasteiger partial charge in [-0.05, 0) is 69.4 Å². The summed E-state index contributed by atoms with van der Waals surface area (Å²) in [6.07, 6.45) is 7.19. The summed E-state index contributed by atoms with van der Waals surface area (Å²) in [6, 6.07) is 17.0. The number of allylic oxidation sites excluding steroid dienone is 2. The van der Waals surface area contributed by atoms with Gasteiger partial charge in [0.25, 0.3) is 0 Å². The molecule has 0 bridgehead atoms. The van der Waals surface area contributed by atoms with Crippen molar-refractivity contribution in [2.45, 2.75) is 72.3 Å². The van der Waals surface area contributed by atoms with E-state index in [1.165, 1.54) is 18.4 Å².